The van der Waals surface area contributed by atoms with E-state index in [0.29, 0.717) is 19.3 Å². The van der Waals surface area contributed by atoms with E-state index in [1.165, 1.54) is 18.4 Å². The first-order valence-corrected chi connectivity index (χ1v) is 8.94. The van der Waals surface area contributed by atoms with Crippen molar-refractivity contribution in [1.82, 2.24) is 0 Å². The smallest absolute Gasteiger partial charge is 0.150 e. The van der Waals surface area contributed by atoms with E-state index in [4.69, 9.17) is 11.6 Å². The second-order valence-electron chi connectivity index (χ2n) is 5.49. The molecule has 1 aliphatic rings. The molecule has 2 rings (SSSR count). The lowest BCUT2D eigenvalue weighted by atomic mass is 9.82. The highest BCUT2D eigenvalue weighted by Gasteiger charge is 2.33. The zero-order valence-electron chi connectivity index (χ0n) is 11.2. The molecule has 1 fully saturated rings. The van der Waals surface area contributed by atoms with Crippen LogP contribution in [0.5, 0.6) is 0 Å². The summed E-state index contributed by atoms with van der Waals surface area (Å²) in [5.41, 5.74) is 0.188. The maximum Gasteiger partial charge on any atom is 0.150 e. The average molecular weight is 321 g/mol. The molecule has 3 nitrogen and oxygen atoms in total. The number of sulfone groups is 1. The number of hydrogen-bond acceptors (Lipinski definition) is 3. The van der Waals surface area contributed by atoms with Crippen LogP contribution in [0.3, 0.4) is 0 Å². The number of aliphatic hydroxyl groups excluding tert-OH is 1. The molecule has 6 heteroatoms. The molecule has 0 aromatic heterocycles. The second kappa shape index (κ2) is 6.00. The molecule has 1 N–H and O–H groups in total. The molecular weight excluding hydrogens is 303 g/mol. The summed E-state index contributed by atoms with van der Waals surface area (Å²) >= 11 is 5.69. The van der Waals surface area contributed by atoms with Crippen LogP contribution in [0.2, 0.25) is 5.02 Å². The second-order valence-corrected chi connectivity index (χ2v) is 8.25. The molecule has 0 aliphatic heterocycles. The van der Waals surface area contributed by atoms with Crippen LogP contribution in [0.15, 0.2) is 18.2 Å². The summed E-state index contributed by atoms with van der Waals surface area (Å²) in [5.74, 6) is -0.786. The Morgan fingerprint density at radius 2 is 2.10 bits per heavy atom. The number of rotatable bonds is 3. The van der Waals surface area contributed by atoms with E-state index in [0.717, 1.165) is 12.5 Å². The standard InChI is InChI=1S/C14H18ClFO3S/c1-20(18,19)11-4-2-3-9(7-11)14(17)12-6-5-10(15)8-13(12)16/h5-6,8-9,11,14,17H,2-4,7H2,1H3. The molecule has 0 heterocycles. The minimum absolute atomic E-state index is 0.188. The molecule has 1 aromatic rings. The molecule has 0 radical (unpaired) electrons. The molecule has 20 heavy (non-hydrogen) atoms. The van der Waals surface area contributed by atoms with E-state index >= 15 is 0 Å². The molecule has 112 valence electrons. The van der Waals surface area contributed by atoms with Gasteiger partial charge in [-0.25, -0.2) is 12.8 Å². The Hall–Kier alpha value is -0.650. The Balaban J connectivity index is 2.18. The molecule has 3 unspecified atom stereocenters. The quantitative estimate of drug-likeness (QED) is 0.931. The van der Waals surface area contributed by atoms with Gasteiger partial charge in [0, 0.05) is 16.8 Å². The number of halogens is 2. The summed E-state index contributed by atoms with van der Waals surface area (Å²) in [6.45, 7) is 0. The Labute approximate surface area is 123 Å². The minimum Gasteiger partial charge on any atom is -0.388 e. The third-order valence-corrected chi connectivity index (χ3v) is 5.87. The van der Waals surface area contributed by atoms with Crippen molar-refractivity contribution in [2.75, 3.05) is 6.26 Å². The van der Waals surface area contributed by atoms with Gasteiger partial charge in [-0.1, -0.05) is 24.1 Å². The maximum atomic E-state index is 13.8. The lowest BCUT2D eigenvalue weighted by molar-refractivity contribution is 0.0825. The van der Waals surface area contributed by atoms with Crippen molar-refractivity contribution in [3.05, 3.63) is 34.6 Å². The number of benzene rings is 1. The SMILES string of the molecule is CS(=O)(=O)C1CCCC(C(O)c2ccc(Cl)cc2F)C1. The summed E-state index contributed by atoms with van der Waals surface area (Å²) in [6, 6.07) is 4.16. The fraction of sp³-hybridized carbons (Fsp3) is 0.571. The fourth-order valence-corrected chi connectivity index (χ4v) is 4.20. The van der Waals surface area contributed by atoms with Crippen LogP contribution >= 0.6 is 11.6 Å². The molecule has 1 aromatic carbocycles. The molecule has 1 saturated carbocycles. The highest BCUT2D eigenvalue weighted by atomic mass is 35.5. The molecule has 0 amide bonds. The molecule has 0 bridgehead atoms. The predicted octanol–water partition coefficient (Wildman–Crippen LogP) is 3.12. The topological polar surface area (TPSA) is 54.4 Å². The molecule has 0 saturated heterocycles. The van der Waals surface area contributed by atoms with Crippen LogP contribution in [-0.2, 0) is 9.84 Å². The lowest BCUT2D eigenvalue weighted by Crippen LogP contribution is -2.30. The normalized spacial score (nSPS) is 25.4. The monoisotopic (exact) mass is 320 g/mol. The molecule has 0 spiro atoms. The first-order valence-electron chi connectivity index (χ1n) is 6.61. The van der Waals surface area contributed by atoms with Gasteiger partial charge in [0.05, 0.1) is 11.4 Å². The van der Waals surface area contributed by atoms with E-state index in [-0.39, 0.29) is 16.5 Å². The molecular formula is C14H18ClFO3S. The first kappa shape index (κ1) is 15.7. The van der Waals surface area contributed by atoms with Crippen molar-refractivity contribution >= 4 is 21.4 Å². The summed E-state index contributed by atoms with van der Waals surface area (Å²) in [5, 5.41) is 10.2. The van der Waals surface area contributed by atoms with E-state index in [9.17, 15) is 17.9 Å². The van der Waals surface area contributed by atoms with Crippen molar-refractivity contribution in [2.24, 2.45) is 5.92 Å². The van der Waals surface area contributed by atoms with Gasteiger partial charge in [0.15, 0.2) is 0 Å². The van der Waals surface area contributed by atoms with Gasteiger partial charge in [0.25, 0.3) is 0 Å². The number of hydrogen-bond donors (Lipinski definition) is 1. The zero-order chi connectivity index (χ0) is 14.9. The van der Waals surface area contributed by atoms with Gasteiger partial charge in [-0.3, -0.25) is 0 Å². The lowest BCUT2D eigenvalue weighted by Gasteiger charge is -2.31. The Morgan fingerprint density at radius 3 is 2.70 bits per heavy atom. The predicted molar refractivity (Wildman–Crippen MR) is 77.0 cm³/mol. The van der Waals surface area contributed by atoms with E-state index in [1.54, 1.807) is 0 Å². The Bertz CT molecular complexity index is 588. The van der Waals surface area contributed by atoms with E-state index in [1.807, 2.05) is 0 Å². The van der Waals surface area contributed by atoms with Crippen LogP contribution in [0.25, 0.3) is 0 Å². The zero-order valence-corrected chi connectivity index (χ0v) is 12.8. The van der Waals surface area contributed by atoms with Gasteiger partial charge in [-0.05, 0) is 37.3 Å². The Kier molecular flexibility index (Phi) is 4.72. The van der Waals surface area contributed by atoms with Gasteiger partial charge in [0.2, 0.25) is 0 Å². The highest BCUT2D eigenvalue weighted by Crippen LogP contribution is 2.37. The van der Waals surface area contributed by atoms with Crippen molar-refractivity contribution in [1.29, 1.82) is 0 Å². The van der Waals surface area contributed by atoms with Crippen molar-refractivity contribution < 1.29 is 17.9 Å². The minimum atomic E-state index is -3.12. The molecule has 3 atom stereocenters. The van der Waals surface area contributed by atoms with Crippen molar-refractivity contribution in [2.45, 2.75) is 37.0 Å². The van der Waals surface area contributed by atoms with Crippen LogP contribution in [0, 0.1) is 11.7 Å². The number of aliphatic hydroxyl groups is 1. The van der Waals surface area contributed by atoms with E-state index < -0.39 is 27.0 Å². The highest BCUT2D eigenvalue weighted by molar-refractivity contribution is 7.91. The summed E-state index contributed by atoms with van der Waals surface area (Å²) < 4.78 is 37.1. The van der Waals surface area contributed by atoms with Crippen molar-refractivity contribution in [3.8, 4) is 0 Å². The van der Waals surface area contributed by atoms with Crippen LogP contribution < -0.4 is 0 Å². The van der Waals surface area contributed by atoms with Gasteiger partial charge < -0.3 is 5.11 Å². The van der Waals surface area contributed by atoms with E-state index in [2.05, 4.69) is 0 Å². The van der Waals surface area contributed by atoms with Gasteiger partial charge in [0.1, 0.15) is 15.7 Å². The van der Waals surface area contributed by atoms with Crippen molar-refractivity contribution in [3.63, 3.8) is 0 Å². The summed E-state index contributed by atoms with van der Waals surface area (Å²) in [6.07, 6.45) is 2.66. The average Bonchev–Trinajstić information content (AvgIpc) is 2.37. The van der Waals surface area contributed by atoms with Crippen LogP contribution in [0.1, 0.15) is 37.4 Å². The Morgan fingerprint density at radius 1 is 1.40 bits per heavy atom. The summed E-state index contributed by atoms with van der Waals surface area (Å²) in [7, 11) is -3.12. The van der Waals surface area contributed by atoms with Crippen LogP contribution in [0.4, 0.5) is 4.39 Å². The third kappa shape index (κ3) is 3.51. The fourth-order valence-electron chi connectivity index (χ4n) is 2.85. The maximum absolute atomic E-state index is 13.8. The van der Waals surface area contributed by atoms with Gasteiger partial charge in [-0.15, -0.1) is 0 Å². The van der Waals surface area contributed by atoms with Gasteiger partial charge in [-0.2, -0.15) is 0 Å². The van der Waals surface area contributed by atoms with Crippen LogP contribution in [-0.4, -0.2) is 25.0 Å². The van der Waals surface area contributed by atoms with Gasteiger partial charge >= 0.3 is 0 Å². The molecule has 1 aliphatic carbocycles. The third-order valence-electron chi connectivity index (χ3n) is 4.00. The first-order chi connectivity index (χ1) is 9.29. The summed E-state index contributed by atoms with van der Waals surface area (Å²) in [4.78, 5) is 0. The largest absolute Gasteiger partial charge is 0.388 e.